The van der Waals surface area contributed by atoms with Gasteiger partial charge in [-0.3, -0.25) is 0 Å². The molecule has 1 heterocycles. The maximum Gasteiger partial charge on any atom is 0.194 e. The molecular formula is C11H14FNO2. The van der Waals surface area contributed by atoms with Crippen LogP contribution in [-0.4, -0.2) is 25.3 Å². The molecule has 1 aliphatic heterocycles. The highest BCUT2D eigenvalue weighted by Crippen LogP contribution is 2.38. The lowest BCUT2D eigenvalue weighted by atomic mass is 9.97. The lowest BCUT2D eigenvalue weighted by Gasteiger charge is -2.15. The highest BCUT2D eigenvalue weighted by atomic mass is 19.1. The van der Waals surface area contributed by atoms with Crippen LogP contribution in [0.3, 0.4) is 0 Å². The van der Waals surface area contributed by atoms with Gasteiger partial charge in [0, 0.05) is 18.0 Å². The summed E-state index contributed by atoms with van der Waals surface area (Å²) in [5.41, 5.74) is 0.876. The summed E-state index contributed by atoms with van der Waals surface area (Å²) < 4.78 is 18.1. The molecule has 4 heteroatoms. The van der Waals surface area contributed by atoms with E-state index in [1.54, 1.807) is 6.07 Å². The van der Waals surface area contributed by atoms with Crippen molar-refractivity contribution in [1.29, 1.82) is 0 Å². The van der Waals surface area contributed by atoms with Crippen molar-refractivity contribution < 1.29 is 14.2 Å². The molecule has 2 N–H and O–H groups in total. The van der Waals surface area contributed by atoms with Gasteiger partial charge in [0.15, 0.2) is 17.3 Å². The van der Waals surface area contributed by atoms with E-state index in [-0.39, 0.29) is 11.5 Å². The van der Waals surface area contributed by atoms with Gasteiger partial charge in [-0.2, -0.15) is 0 Å². The zero-order valence-corrected chi connectivity index (χ0v) is 8.59. The smallest absolute Gasteiger partial charge is 0.194 e. The Bertz CT molecular complexity index is 362. The fourth-order valence-electron chi connectivity index (χ4n) is 2.02. The third-order valence-electron chi connectivity index (χ3n) is 2.82. The zero-order valence-electron chi connectivity index (χ0n) is 8.59. The van der Waals surface area contributed by atoms with Crippen molar-refractivity contribution in [2.75, 3.05) is 20.2 Å². The Balaban J connectivity index is 2.41. The standard InChI is InChI=1S/C11H14FNO2/c1-15-11-8(7-4-5-13-6-7)2-3-9(12)10(11)14/h2-3,7,13-14H,4-6H2,1H3. The van der Waals surface area contributed by atoms with Crippen molar-refractivity contribution in [2.24, 2.45) is 0 Å². The Hall–Kier alpha value is -1.29. The Morgan fingerprint density at radius 3 is 2.93 bits per heavy atom. The van der Waals surface area contributed by atoms with Gasteiger partial charge >= 0.3 is 0 Å². The van der Waals surface area contributed by atoms with Crippen molar-refractivity contribution in [3.63, 3.8) is 0 Å². The van der Waals surface area contributed by atoms with E-state index in [2.05, 4.69) is 5.32 Å². The number of methoxy groups -OCH3 is 1. The Morgan fingerprint density at radius 1 is 1.53 bits per heavy atom. The number of aromatic hydroxyl groups is 1. The lowest BCUT2D eigenvalue weighted by Crippen LogP contribution is -2.09. The molecule has 15 heavy (non-hydrogen) atoms. The number of ether oxygens (including phenoxy) is 1. The Morgan fingerprint density at radius 2 is 2.33 bits per heavy atom. The summed E-state index contributed by atoms with van der Waals surface area (Å²) in [5.74, 6) is -0.460. The fraction of sp³-hybridized carbons (Fsp3) is 0.455. The molecule has 1 aromatic rings. The first kappa shape index (κ1) is 10.2. The zero-order chi connectivity index (χ0) is 10.8. The van der Waals surface area contributed by atoms with Gasteiger partial charge in [-0.25, -0.2) is 4.39 Å². The van der Waals surface area contributed by atoms with Gasteiger partial charge in [-0.1, -0.05) is 6.07 Å². The molecule has 0 spiro atoms. The first-order valence-electron chi connectivity index (χ1n) is 5.00. The molecule has 1 aliphatic rings. The summed E-state index contributed by atoms with van der Waals surface area (Å²) in [6.45, 7) is 1.80. The topological polar surface area (TPSA) is 41.5 Å². The van der Waals surface area contributed by atoms with Crippen LogP contribution in [0.1, 0.15) is 17.9 Å². The molecule has 1 aromatic carbocycles. The second kappa shape index (κ2) is 4.06. The summed E-state index contributed by atoms with van der Waals surface area (Å²) in [5, 5.41) is 12.7. The van der Waals surface area contributed by atoms with E-state index in [0.717, 1.165) is 25.1 Å². The highest BCUT2D eigenvalue weighted by Gasteiger charge is 2.23. The van der Waals surface area contributed by atoms with E-state index in [1.807, 2.05) is 0 Å². The molecule has 0 bridgehead atoms. The van der Waals surface area contributed by atoms with Crippen LogP contribution in [0.25, 0.3) is 0 Å². The van der Waals surface area contributed by atoms with E-state index >= 15 is 0 Å². The normalized spacial score (nSPS) is 20.5. The molecule has 1 atom stereocenters. The van der Waals surface area contributed by atoms with Crippen LogP contribution >= 0.6 is 0 Å². The summed E-state index contributed by atoms with van der Waals surface area (Å²) >= 11 is 0. The third kappa shape index (κ3) is 1.77. The van der Waals surface area contributed by atoms with Gasteiger partial charge in [-0.05, 0) is 19.0 Å². The minimum absolute atomic E-state index is 0.267. The average Bonchev–Trinajstić information content (AvgIpc) is 2.75. The number of benzene rings is 1. The molecule has 1 fully saturated rings. The Kier molecular flexibility index (Phi) is 2.77. The van der Waals surface area contributed by atoms with E-state index in [1.165, 1.54) is 13.2 Å². The summed E-state index contributed by atoms with van der Waals surface area (Å²) in [6.07, 6.45) is 0.988. The van der Waals surface area contributed by atoms with E-state index in [0.29, 0.717) is 5.92 Å². The third-order valence-corrected chi connectivity index (χ3v) is 2.82. The molecule has 82 valence electrons. The molecule has 1 saturated heterocycles. The Labute approximate surface area is 87.9 Å². The van der Waals surface area contributed by atoms with E-state index < -0.39 is 5.82 Å². The van der Waals surface area contributed by atoms with Gasteiger partial charge in [0.2, 0.25) is 0 Å². The minimum Gasteiger partial charge on any atom is -0.502 e. The summed E-state index contributed by atoms with van der Waals surface area (Å²) in [6, 6.07) is 2.97. The maximum absolute atomic E-state index is 13.1. The molecule has 0 saturated carbocycles. The predicted molar refractivity (Wildman–Crippen MR) is 54.8 cm³/mol. The van der Waals surface area contributed by atoms with Crippen molar-refractivity contribution >= 4 is 0 Å². The summed E-state index contributed by atoms with van der Waals surface area (Å²) in [4.78, 5) is 0. The highest BCUT2D eigenvalue weighted by molar-refractivity contribution is 5.48. The molecule has 0 aliphatic carbocycles. The average molecular weight is 211 g/mol. The van der Waals surface area contributed by atoms with Crippen LogP contribution < -0.4 is 10.1 Å². The number of hydrogen-bond acceptors (Lipinski definition) is 3. The SMILES string of the molecule is COc1c(C2CCNC2)ccc(F)c1O. The molecule has 3 nitrogen and oxygen atoms in total. The first-order valence-corrected chi connectivity index (χ1v) is 5.00. The van der Waals surface area contributed by atoms with Crippen LogP contribution in [0.5, 0.6) is 11.5 Å². The predicted octanol–water partition coefficient (Wildman–Crippen LogP) is 1.62. The van der Waals surface area contributed by atoms with E-state index in [9.17, 15) is 9.50 Å². The fourth-order valence-corrected chi connectivity index (χ4v) is 2.02. The molecule has 0 aromatic heterocycles. The van der Waals surface area contributed by atoms with Crippen molar-refractivity contribution in [2.45, 2.75) is 12.3 Å². The molecule has 1 unspecified atom stereocenters. The minimum atomic E-state index is -0.637. The molecular weight excluding hydrogens is 197 g/mol. The monoisotopic (exact) mass is 211 g/mol. The van der Waals surface area contributed by atoms with Crippen LogP contribution in [0.15, 0.2) is 12.1 Å². The molecule has 0 amide bonds. The van der Waals surface area contributed by atoms with Crippen molar-refractivity contribution in [3.8, 4) is 11.5 Å². The van der Waals surface area contributed by atoms with Crippen LogP contribution in [-0.2, 0) is 0 Å². The number of nitrogens with one attached hydrogen (secondary N) is 1. The van der Waals surface area contributed by atoms with Gasteiger partial charge in [0.1, 0.15) is 0 Å². The second-order valence-corrected chi connectivity index (χ2v) is 3.71. The van der Waals surface area contributed by atoms with Gasteiger partial charge in [-0.15, -0.1) is 0 Å². The van der Waals surface area contributed by atoms with Gasteiger partial charge < -0.3 is 15.2 Å². The summed E-state index contributed by atoms with van der Waals surface area (Å²) in [7, 11) is 1.44. The van der Waals surface area contributed by atoms with Crippen LogP contribution in [0, 0.1) is 5.82 Å². The second-order valence-electron chi connectivity index (χ2n) is 3.71. The molecule has 0 radical (unpaired) electrons. The number of phenolic OH excluding ortho intramolecular Hbond substituents is 1. The number of rotatable bonds is 2. The first-order chi connectivity index (χ1) is 7.24. The number of phenols is 1. The number of hydrogen-bond donors (Lipinski definition) is 2. The largest absolute Gasteiger partial charge is 0.502 e. The van der Waals surface area contributed by atoms with Crippen molar-refractivity contribution in [3.05, 3.63) is 23.5 Å². The maximum atomic E-state index is 13.1. The number of halogens is 1. The van der Waals surface area contributed by atoms with E-state index in [4.69, 9.17) is 4.74 Å². The van der Waals surface area contributed by atoms with Crippen molar-refractivity contribution in [1.82, 2.24) is 5.32 Å². The van der Waals surface area contributed by atoms with Crippen LogP contribution in [0.2, 0.25) is 0 Å². The lowest BCUT2D eigenvalue weighted by molar-refractivity contribution is 0.351. The molecule has 2 rings (SSSR count). The quantitative estimate of drug-likeness (QED) is 0.781. The van der Waals surface area contributed by atoms with Crippen LogP contribution in [0.4, 0.5) is 4.39 Å². The van der Waals surface area contributed by atoms with Gasteiger partial charge in [0.05, 0.1) is 7.11 Å². The van der Waals surface area contributed by atoms with Gasteiger partial charge in [0.25, 0.3) is 0 Å².